The van der Waals surface area contributed by atoms with Gasteiger partial charge in [-0.25, -0.2) is 4.68 Å². The van der Waals surface area contributed by atoms with Crippen LogP contribution in [0, 0.1) is 0 Å². The third kappa shape index (κ3) is 1.27. The molecule has 14 heavy (non-hydrogen) atoms. The molecule has 0 unspecified atom stereocenters. The van der Waals surface area contributed by atoms with Crippen LogP contribution in [0.4, 0.5) is 0 Å². The molecule has 70 valence electrons. The predicted octanol–water partition coefficient (Wildman–Crippen LogP) is 0.734. The molecule has 1 aromatic heterocycles. The van der Waals surface area contributed by atoms with E-state index in [0.29, 0.717) is 0 Å². The second kappa shape index (κ2) is 2.88. The maximum Gasteiger partial charge on any atom is 0.143 e. The molecule has 2 heterocycles. The Morgan fingerprint density at radius 1 is 1.43 bits per heavy atom. The Morgan fingerprint density at radius 2 is 2.36 bits per heavy atom. The molecular formula is C9H8N4O. The van der Waals surface area contributed by atoms with Gasteiger partial charge < -0.3 is 4.74 Å². The third-order valence-corrected chi connectivity index (χ3v) is 2.19. The first-order valence-electron chi connectivity index (χ1n) is 4.38. The van der Waals surface area contributed by atoms with Crippen LogP contribution in [-0.4, -0.2) is 26.8 Å². The van der Waals surface area contributed by atoms with Crippen LogP contribution in [-0.2, 0) is 4.74 Å². The van der Waals surface area contributed by atoms with Gasteiger partial charge in [-0.15, -0.1) is 5.10 Å². The van der Waals surface area contributed by atoms with E-state index in [-0.39, 0.29) is 6.10 Å². The summed E-state index contributed by atoms with van der Waals surface area (Å²) >= 11 is 0. The molecule has 0 radical (unpaired) electrons. The molecular weight excluding hydrogens is 180 g/mol. The zero-order valence-electron chi connectivity index (χ0n) is 7.37. The van der Waals surface area contributed by atoms with Crippen molar-refractivity contribution in [3.05, 3.63) is 36.2 Å². The molecule has 0 spiro atoms. The van der Waals surface area contributed by atoms with Crippen LogP contribution in [0.5, 0.6) is 0 Å². The fourth-order valence-electron chi connectivity index (χ4n) is 1.39. The smallest absolute Gasteiger partial charge is 0.143 e. The van der Waals surface area contributed by atoms with Gasteiger partial charge in [0, 0.05) is 0 Å². The van der Waals surface area contributed by atoms with Crippen molar-refractivity contribution in [2.45, 2.75) is 6.10 Å². The molecule has 0 aliphatic carbocycles. The zero-order valence-corrected chi connectivity index (χ0v) is 7.37. The normalized spacial score (nSPS) is 19.6. The average Bonchev–Trinajstić information content (AvgIpc) is 2.94. The second-order valence-electron chi connectivity index (χ2n) is 3.17. The van der Waals surface area contributed by atoms with E-state index < -0.39 is 0 Å². The van der Waals surface area contributed by atoms with Gasteiger partial charge in [0.2, 0.25) is 0 Å². The zero-order chi connectivity index (χ0) is 9.38. The molecule has 1 aromatic carbocycles. The van der Waals surface area contributed by atoms with Crippen LogP contribution in [0.3, 0.4) is 0 Å². The van der Waals surface area contributed by atoms with Gasteiger partial charge in [-0.1, -0.05) is 12.1 Å². The molecule has 1 aliphatic rings. The van der Waals surface area contributed by atoms with E-state index in [0.717, 1.165) is 12.3 Å². The number of nitrogens with zero attached hydrogens (tertiary/aromatic N) is 4. The topological polar surface area (TPSA) is 56.1 Å². The largest absolute Gasteiger partial charge is 0.368 e. The lowest BCUT2D eigenvalue weighted by Gasteiger charge is -2.00. The minimum atomic E-state index is 0.270. The quantitative estimate of drug-likeness (QED) is 0.652. The van der Waals surface area contributed by atoms with Gasteiger partial charge in [0.1, 0.15) is 12.4 Å². The molecule has 1 aliphatic heterocycles. The lowest BCUT2D eigenvalue weighted by atomic mass is 10.1. The van der Waals surface area contributed by atoms with Gasteiger partial charge in [0.25, 0.3) is 0 Å². The lowest BCUT2D eigenvalue weighted by Crippen LogP contribution is -1.95. The van der Waals surface area contributed by atoms with Gasteiger partial charge in [-0.05, 0) is 28.1 Å². The summed E-state index contributed by atoms with van der Waals surface area (Å²) in [7, 11) is 0. The third-order valence-electron chi connectivity index (χ3n) is 2.19. The molecule has 1 saturated heterocycles. The molecule has 0 N–H and O–H groups in total. The summed E-state index contributed by atoms with van der Waals surface area (Å²) < 4.78 is 6.84. The summed E-state index contributed by atoms with van der Waals surface area (Å²) in [6, 6.07) is 8.02. The highest BCUT2D eigenvalue weighted by Gasteiger charge is 2.24. The fraction of sp³-hybridized carbons (Fsp3) is 0.222. The number of tetrazole rings is 1. The molecule has 1 fully saturated rings. The highest BCUT2D eigenvalue weighted by molar-refractivity contribution is 5.36. The summed E-state index contributed by atoms with van der Waals surface area (Å²) in [6.07, 6.45) is 1.85. The van der Waals surface area contributed by atoms with Crippen LogP contribution < -0.4 is 0 Å². The van der Waals surface area contributed by atoms with Crippen molar-refractivity contribution in [2.75, 3.05) is 6.61 Å². The van der Waals surface area contributed by atoms with E-state index >= 15 is 0 Å². The summed E-state index contributed by atoms with van der Waals surface area (Å²) in [5.41, 5.74) is 2.14. The molecule has 5 nitrogen and oxygen atoms in total. The van der Waals surface area contributed by atoms with Crippen LogP contribution >= 0.6 is 0 Å². The number of ether oxygens (including phenoxy) is 1. The molecule has 0 amide bonds. The van der Waals surface area contributed by atoms with Crippen LogP contribution in [0.2, 0.25) is 0 Å². The van der Waals surface area contributed by atoms with E-state index in [9.17, 15) is 0 Å². The van der Waals surface area contributed by atoms with Crippen molar-refractivity contribution in [2.24, 2.45) is 0 Å². The van der Waals surface area contributed by atoms with Gasteiger partial charge in [-0.2, -0.15) is 0 Å². The molecule has 2 aromatic rings. The van der Waals surface area contributed by atoms with Crippen molar-refractivity contribution in [1.82, 2.24) is 20.2 Å². The second-order valence-corrected chi connectivity index (χ2v) is 3.17. The Kier molecular flexibility index (Phi) is 1.57. The van der Waals surface area contributed by atoms with Crippen LogP contribution in [0.25, 0.3) is 5.69 Å². The standard InChI is InChI=1S/C9H8N4O/c1-2-7(9-5-14-9)4-8(3-1)13-6-10-11-12-13/h1-4,6,9H,5H2/t9-/m1/s1. The van der Waals surface area contributed by atoms with Gasteiger partial charge in [0.15, 0.2) is 0 Å². The monoisotopic (exact) mass is 188 g/mol. The van der Waals surface area contributed by atoms with E-state index in [1.54, 1.807) is 11.0 Å². The Labute approximate surface area is 80.3 Å². The summed E-state index contributed by atoms with van der Waals surface area (Å²) in [6.45, 7) is 0.819. The van der Waals surface area contributed by atoms with Crippen LogP contribution in [0.15, 0.2) is 30.6 Å². The summed E-state index contributed by atoms with van der Waals surface area (Å²) in [4.78, 5) is 0. The number of hydrogen-bond donors (Lipinski definition) is 0. The van der Waals surface area contributed by atoms with Gasteiger partial charge in [-0.3, -0.25) is 0 Å². The number of hydrogen-bond acceptors (Lipinski definition) is 4. The van der Waals surface area contributed by atoms with Crippen molar-refractivity contribution >= 4 is 0 Å². The number of aromatic nitrogens is 4. The maximum absolute atomic E-state index is 5.21. The minimum Gasteiger partial charge on any atom is -0.368 e. The lowest BCUT2D eigenvalue weighted by molar-refractivity contribution is 0.415. The van der Waals surface area contributed by atoms with E-state index in [2.05, 4.69) is 15.5 Å². The van der Waals surface area contributed by atoms with Crippen molar-refractivity contribution in [1.29, 1.82) is 0 Å². The highest BCUT2D eigenvalue weighted by atomic mass is 16.6. The van der Waals surface area contributed by atoms with Crippen molar-refractivity contribution < 1.29 is 4.74 Å². The fourth-order valence-corrected chi connectivity index (χ4v) is 1.39. The Balaban J connectivity index is 2.02. The minimum absolute atomic E-state index is 0.270. The SMILES string of the molecule is c1cc([C@H]2CO2)cc(-n2cnnn2)c1. The Bertz CT molecular complexity index is 436. The molecule has 0 bridgehead atoms. The Hall–Kier alpha value is -1.75. The maximum atomic E-state index is 5.21. The first-order chi connectivity index (χ1) is 6.93. The van der Waals surface area contributed by atoms with Crippen LogP contribution in [0.1, 0.15) is 11.7 Å². The number of rotatable bonds is 2. The number of benzene rings is 1. The average molecular weight is 188 g/mol. The Morgan fingerprint density at radius 3 is 3.07 bits per heavy atom. The molecule has 3 rings (SSSR count). The first-order valence-corrected chi connectivity index (χ1v) is 4.38. The van der Waals surface area contributed by atoms with E-state index in [1.807, 2.05) is 24.3 Å². The van der Waals surface area contributed by atoms with Crippen molar-refractivity contribution in [3.8, 4) is 5.69 Å². The van der Waals surface area contributed by atoms with E-state index in [4.69, 9.17) is 4.74 Å². The number of epoxide rings is 1. The van der Waals surface area contributed by atoms with Crippen molar-refractivity contribution in [3.63, 3.8) is 0 Å². The first kappa shape index (κ1) is 7.64. The summed E-state index contributed by atoms with van der Waals surface area (Å²) in [5, 5.41) is 11.0. The molecule has 5 heteroatoms. The molecule has 1 atom stereocenters. The summed E-state index contributed by atoms with van der Waals surface area (Å²) in [5.74, 6) is 0. The van der Waals surface area contributed by atoms with Gasteiger partial charge in [0.05, 0.1) is 12.3 Å². The molecule has 0 saturated carbocycles. The highest BCUT2D eigenvalue weighted by Crippen LogP contribution is 2.30. The predicted molar refractivity (Wildman–Crippen MR) is 47.8 cm³/mol. The van der Waals surface area contributed by atoms with Gasteiger partial charge >= 0.3 is 0 Å². The van der Waals surface area contributed by atoms with E-state index in [1.165, 1.54) is 5.56 Å².